The molecular formula is C40H30. The predicted molar refractivity (Wildman–Crippen MR) is 171 cm³/mol. The van der Waals surface area contributed by atoms with Crippen LogP contribution in [0.15, 0.2) is 109 Å². The zero-order chi connectivity index (χ0) is 27.0. The van der Waals surface area contributed by atoms with Crippen LogP contribution in [0.2, 0.25) is 0 Å². The summed E-state index contributed by atoms with van der Waals surface area (Å²) in [6.45, 7) is 9.67. The van der Waals surface area contributed by atoms with Crippen LogP contribution in [0.4, 0.5) is 0 Å². The number of hydrogen-bond donors (Lipinski definition) is 0. The van der Waals surface area contributed by atoms with E-state index in [0.29, 0.717) is 0 Å². The maximum atomic E-state index is 2.56. The van der Waals surface area contributed by atoms with Crippen LogP contribution in [0.5, 0.6) is 0 Å². The summed E-state index contributed by atoms with van der Waals surface area (Å²) in [6.07, 6.45) is 0. The summed E-state index contributed by atoms with van der Waals surface area (Å²) in [4.78, 5) is 0. The van der Waals surface area contributed by atoms with E-state index in [1.807, 2.05) is 0 Å². The monoisotopic (exact) mass is 510 g/mol. The van der Waals surface area contributed by atoms with E-state index in [4.69, 9.17) is 0 Å². The van der Waals surface area contributed by atoms with Gasteiger partial charge in [0, 0.05) is 10.8 Å². The minimum Gasteiger partial charge on any atom is -0.0622 e. The summed E-state index contributed by atoms with van der Waals surface area (Å²) in [5.41, 5.74) is 13.9. The Morgan fingerprint density at radius 1 is 0.400 bits per heavy atom. The molecule has 0 amide bonds. The van der Waals surface area contributed by atoms with Crippen molar-refractivity contribution in [2.24, 2.45) is 0 Å². The highest BCUT2D eigenvalue weighted by Crippen LogP contribution is 2.60. The highest BCUT2D eigenvalue weighted by atomic mass is 14.4. The fourth-order valence-corrected chi connectivity index (χ4v) is 8.51. The molecule has 0 bridgehead atoms. The first-order valence-corrected chi connectivity index (χ1v) is 14.5. The molecule has 0 aromatic heterocycles. The quantitative estimate of drug-likeness (QED) is 0.193. The van der Waals surface area contributed by atoms with E-state index in [1.54, 1.807) is 0 Å². The summed E-state index contributed by atoms with van der Waals surface area (Å²) in [6, 6.07) is 41.2. The molecule has 40 heavy (non-hydrogen) atoms. The predicted octanol–water partition coefficient (Wildman–Crippen LogP) is 10.9. The molecular weight excluding hydrogens is 480 g/mol. The third kappa shape index (κ3) is 2.49. The first-order valence-electron chi connectivity index (χ1n) is 14.5. The van der Waals surface area contributed by atoms with E-state index in [0.717, 1.165) is 0 Å². The number of benzene rings is 7. The summed E-state index contributed by atoms with van der Waals surface area (Å²) >= 11 is 0. The number of rotatable bonds is 1. The van der Waals surface area contributed by atoms with Crippen molar-refractivity contribution in [3.8, 4) is 33.4 Å². The Bertz CT molecular complexity index is 2190. The third-order valence-electron chi connectivity index (χ3n) is 10.2. The van der Waals surface area contributed by atoms with E-state index < -0.39 is 0 Å². The highest BCUT2D eigenvalue weighted by molar-refractivity contribution is 6.32. The first kappa shape index (κ1) is 22.4. The Labute approximate surface area is 235 Å². The lowest BCUT2D eigenvalue weighted by molar-refractivity contribution is 0.664. The maximum Gasteiger partial charge on any atom is 0.0165 e. The molecule has 2 aliphatic carbocycles. The lowest BCUT2D eigenvalue weighted by Gasteiger charge is -2.28. The van der Waals surface area contributed by atoms with Crippen LogP contribution in [0.1, 0.15) is 49.9 Å². The second-order valence-electron chi connectivity index (χ2n) is 12.9. The molecule has 0 heterocycles. The molecule has 0 unspecified atom stereocenters. The smallest absolute Gasteiger partial charge is 0.0165 e. The van der Waals surface area contributed by atoms with Gasteiger partial charge in [-0.05, 0) is 94.0 Å². The lowest BCUT2D eigenvalue weighted by Crippen LogP contribution is -2.17. The van der Waals surface area contributed by atoms with Gasteiger partial charge in [0.2, 0.25) is 0 Å². The van der Waals surface area contributed by atoms with Crippen LogP contribution in [-0.4, -0.2) is 0 Å². The van der Waals surface area contributed by atoms with Gasteiger partial charge in [-0.25, -0.2) is 0 Å². The van der Waals surface area contributed by atoms with Gasteiger partial charge >= 0.3 is 0 Å². The molecule has 190 valence electrons. The Morgan fingerprint density at radius 3 is 1.75 bits per heavy atom. The molecule has 0 N–H and O–H groups in total. The molecule has 2 aliphatic rings. The molecule has 0 saturated carbocycles. The molecule has 0 radical (unpaired) electrons. The average Bonchev–Trinajstić information content (AvgIpc) is 3.36. The Hall–Kier alpha value is -4.42. The summed E-state index contributed by atoms with van der Waals surface area (Å²) in [5, 5.41) is 8.40. The third-order valence-corrected chi connectivity index (χ3v) is 10.2. The molecule has 7 aromatic rings. The number of hydrogen-bond acceptors (Lipinski definition) is 0. The molecule has 0 atom stereocenters. The van der Waals surface area contributed by atoms with Gasteiger partial charge in [-0.1, -0.05) is 131 Å². The van der Waals surface area contributed by atoms with Crippen LogP contribution in [-0.2, 0) is 10.8 Å². The Morgan fingerprint density at radius 2 is 0.975 bits per heavy atom. The minimum absolute atomic E-state index is 0.0574. The number of fused-ring (bicyclic) bond motifs is 9. The highest BCUT2D eigenvalue weighted by Gasteiger charge is 2.42. The van der Waals surface area contributed by atoms with Crippen LogP contribution < -0.4 is 0 Å². The SMILES string of the molecule is CC1(C)c2ccccc2-c2cc3c4c(c5ccc(-c6ccccc6)c6ccc(c21)c3c65)-c1ccccc1C4(C)C. The van der Waals surface area contributed by atoms with Crippen LogP contribution in [0.3, 0.4) is 0 Å². The van der Waals surface area contributed by atoms with Crippen LogP contribution >= 0.6 is 0 Å². The van der Waals surface area contributed by atoms with Crippen molar-refractivity contribution in [3.63, 3.8) is 0 Å². The molecule has 0 heteroatoms. The van der Waals surface area contributed by atoms with E-state index in [2.05, 4.69) is 137 Å². The van der Waals surface area contributed by atoms with Gasteiger partial charge in [0.15, 0.2) is 0 Å². The van der Waals surface area contributed by atoms with E-state index >= 15 is 0 Å². The zero-order valence-corrected chi connectivity index (χ0v) is 23.4. The van der Waals surface area contributed by atoms with Crippen LogP contribution in [0, 0.1) is 0 Å². The van der Waals surface area contributed by atoms with Crippen molar-refractivity contribution >= 4 is 32.3 Å². The van der Waals surface area contributed by atoms with Crippen molar-refractivity contribution < 1.29 is 0 Å². The molecule has 9 rings (SSSR count). The topological polar surface area (TPSA) is 0 Å². The van der Waals surface area contributed by atoms with Crippen molar-refractivity contribution in [2.75, 3.05) is 0 Å². The normalized spacial score (nSPS) is 15.9. The van der Waals surface area contributed by atoms with Crippen molar-refractivity contribution in [3.05, 3.63) is 131 Å². The Kier molecular flexibility index (Phi) is 4.03. The largest absolute Gasteiger partial charge is 0.0622 e. The van der Waals surface area contributed by atoms with E-state index in [-0.39, 0.29) is 10.8 Å². The average molecular weight is 511 g/mol. The zero-order valence-electron chi connectivity index (χ0n) is 23.4. The van der Waals surface area contributed by atoms with Crippen molar-refractivity contribution in [2.45, 2.75) is 38.5 Å². The van der Waals surface area contributed by atoms with E-state index in [1.165, 1.54) is 88.0 Å². The Balaban J connectivity index is 1.56. The molecule has 0 nitrogen and oxygen atoms in total. The molecule has 0 spiro atoms. The first-order chi connectivity index (χ1) is 19.4. The maximum absolute atomic E-state index is 2.56. The van der Waals surface area contributed by atoms with Gasteiger partial charge in [0.05, 0.1) is 0 Å². The van der Waals surface area contributed by atoms with Crippen molar-refractivity contribution in [1.82, 2.24) is 0 Å². The summed E-state index contributed by atoms with van der Waals surface area (Å²) < 4.78 is 0. The fourth-order valence-electron chi connectivity index (χ4n) is 8.51. The van der Waals surface area contributed by atoms with Gasteiger partial charge in [-0.2, -0.15) is 0 Å². The second kappa shape index (κ2) is 7.20. The molecule has 0 saturated heterocycles. The van der Waals surface area contributed by atoms with E-state index in [9.17, 15) is 0 Å². The van der Waals surface area contributed by atoms with Gasteiger partial charge in [-0.15, -0.1) is 0 Å². The standard InChI is InChI=1S/C40H30/c1-39(2)32-16-10-8-14-25(32)30-22-31-35-29(37(30)39)21-19-26-24(23-12-6-5-7-13-23)18-20-28(34(26)35)36-27-15-9-11-17-33(27)40(3,4)38(31)36/h5-22H,1-4H3. The summed E-state index contributed by atoms with van der Waals surface area (Å²) in [5.74, 6) is 0. The van der Waals surface area contributed by atoms with Gasteiger partial charge in [0.1, 0.15) is 0 Å². The van der Waals surface area contributed by atoms with Gasteiger partial charge < -0.3 is 0 Å². The summed E-state index contributed by atoms with van der Waals surface area (Å²) in [7, 11) is 0. The minimum atomic E-state index is -0.0846. The fraction of sp³-hybridized carbons (Fsp3) is 0.150. The molecule has 0 fully saturated rings. The lowest BCUT2D eigenvalue weighted by atomic mass is 9.74. The molecule has 0 aliphatic heterocycles. The molecule has 7 aromatic carbocycles. The second-order valence-corrected chi connectivity index (χ2v) is 12.9. The van der Waals surface area contributed by atoms with Crippen molar-refractivity contribution in [1.29, 1.82) is 0 Å². The van der Waals surface area contributed by atoms with Gasteiger partial charge in [0.25, 0.3) is 0 Å². The van der Waals surface area contributed by atoms with Gasteiger partial charge in [-0.3, -0.25) is 0 Å². The van der Waals surface area contributed by atoms with Crippen LogP contribution in [0.25, 0.3) is 65.7 Å².